The third-order valence-electron chi connectivity index (χ3n) is 4.26. The minimum absolute atomic E-state index is 0.848. The van der Waals surface area contributed by atoms with Crippen LogP contribution in [0.15, 0.2) is 0 Å². The van der Waals surface area contributed by atoms with Crippen LogP contribution < -0.4 is 4.90 Å². The number of hydrogen-bond donors (Lipinski definition) is 0. The first-order valence-electron chi connectivity index (χ1n) is 6.83. The van der Waals surface area contributed by atoms with Crippen molar-refractivity contribution in [2.24, 2.45) is 5.92 Å². The van der Waals surface area contributed by atoms with E-state index in [9.17, 15) is 0 Å². The van der Waals surface area contributed by atoms with Crippen molar-refractivity contribution in [3.63, 3.8) is 0 Å². The van der Waals surface area contributed by atoms with Crippen molar-refractivity contribution in [2.45, 2.75) is 46.0 Å². The summed E-state index contributed by atoms with van der Waals surface area (Å²) >= 11 is 0. The normalized spacial score (nSPS) is 20.0. The molecule has 1 aliphatic heterocycles. The zero-order valence-electron chi connectivity index (χ0n) is 10.9. The minimum Gasteiger partial charge on any atom is -0.356 e. The van der Waals surface area contributed by atoms with E-state index in [0.29, 0.717) is 0 Å². The molecule has 2 heterocycles. The molecule has 1 saturated carbocycles. The Kier molecular flexibility index (Phi) is 2.77. The lowest BCUT2D eigenvalue weighted by Crippen LogP contribution is -2.38. The summed E-state index contributed by atoms with van der Waals surface area (Å²) in [5.41, 5.74) is 2.43. The first-order chi connectivity index (χ1) is 8.24. The van der Waals surface area contributed by atoms with Gasteiger partial charge in [0.15, 0.2) is 0 Å². The molecule has 0 spiro atoms. The average Bonchev–Trinajstić information content (AvgIpc) is 2.16. The van der Waals surface area contributed by atoms with Gasteiger partial charge in [-0.05, 0) is 26.2 Å². The van der Waals surface area contributed by atoms with Gasteiger partial charge in [0.05, 0.1) is 0 Å². The molecule has 3 heteroatoms. The highest BCUT2D eigenvalue weighted by Gasteiger charge is 2.23. The van der Waals surface area contributed by atoms with Gasteiger partial charge in [0.25, 0.3) is 0 Å². The van der Waals surface area contributed by atoms with E-state index in [1.54, 1.807) is 0 Å². The molecule has 1 saturated heterocycles. The predicted octanol–water partition coefficient (Wildman–Crippen LogP) is 2.65. The smallest absolute Gasteiger partial charge is 0.135 e. The molecule has 17 heavy (non-hydrogen) atoms. The second-order valence-electron chi connectivity index (χ2n) is 5.52. The Labute approximate surface area is 103 Å². The molecule has 2 fully saturated rings. The fraction of sp³-hybridized carbons (Fsp3) is 0.714. The Morgan fingerprint density at radius 3 is 2.41 bits per heavy atom. The van der Waals surface area contributed by atoms with Gasteiger partial charge in [-0.15, -0.1) is 0 Å². The number of aryl methyl sites for hydroxylation is 1. The lowest BCUT2D eigenvalue weighted by molar-refractivity contribution is 0.309. The van der Waals surface area contributed by atoms with Gasteiger partial charge in [0.1, 0.15) is 11.6 Å². The summed E-state index contributed by atoms with van der Waals surface area (Å²) in [6, 6.07) is 0. The third kappa shape index (κ3) is 2.03. The Morgan fingerprint density at radius 1 is 1.12 bits per heavy atom. The first kappa shape index (κ1) is 11.0. The summed E-state index contributed by atoms with van der Waals surface area (Å²) in [4.78, 5) is 11.8. The van der Waals surface area contributed by atoms with Crippen LogP contribution in [-0.4, -0.2) is 23.1 Å². The van der Waals surface area contributed by atoms with Gasteiger partial charge in [-0.25, -0.2) is 9.97 Å². The second kappa shape index (κ2) is 4.28. The van der Waals surface area contributed by atoms with Crippen molar-refractivity contribution in [3.8, 4) is 0 Å². The number of anilines is 1. The topological polar surface area (TPSA) is 29.0 Å². The summed E-state index contributed by atoms with van der Waals surface area (Å²) < 4.78 is 0. The summed E-state index contributed by atoms with van der Waals surface area (Å²) in [5.74, 6) is 3.11. The van der Waals surface area contributed by atoms with E-state index in [4.69, 9.17) is 4.98 Å². The molecule has 1 aromatic heterocycles. The maximum absolute atomic E-state index is 4.79. The molecule has 92 valence electrons. The average molecular weight is 231 g/mol. The number of nitrogens with zero attached hydrogens (tertiary/aromatic N) is 3. The molecule has 0 amide bonds. The van der Waals surface area contributed by atoms with Crippen molar-refractivity contribution >= 4 is 5.82 Å². The van der Waals surface area contributed by atoms with E-state index in [-0.39, 0.29) is 0 Å². The molecule has 1 aliphatic carbocycles. The third-order valence-corrected chi connectivity index (χ3v) is 4.26. The van der Waals surface area contributed by atoms with Crippen molar-refractivity contribution in [1.82, 2.24) is 9.97 Å². The van der Waals surface area contributed by atoms with Gasteiger partial charge >= 0.3 is 0 Å². The van der Waals surface area contributed by atoms with E-state index >= 15 is 0 Å². The lowest BCUT2D eigenvalue weighted by Gasteiger charge is -2.34. The summed E-state index contributed by atoms with van der Waals surface area (Å²) in [6.07, 6.45) is 6.53. The van der Waals surface area contributed by atoms with E-state index in [1.165, 1.54) is 50.2 Å². The van der Waals surface area contributed by atoms with Gasteiger partial charge in [0, 0.05) is 30.8 Å². The van der Waals surface area contributed by atoms with Crippen LogP contribution in [0.25, 0.3) is 0 Å². The lowest BCUT2D eigenvalue weighted by atomic mass is 9.83. The molecule has 0 unspecified atom stereocenters. The van der Waals surface area contributed by atoms with E-state index in [2.05, 4.69) is 23.7 Å². The van der Waals surface area contributed by atoms with Crippen LogP contribution >= 0.6 is 0 Å². The molecule has 0 aromatic carbocycles. The van der Waals surface area contributed by atoms with Crippen molar-refractivity contribution in [2.75, 3.05) is 18.0 Å². The maximum atomic E-state index is 4.79. The fourth-order valence-electron chi connectivity index (χ4n) is 2.55. The largest absolute Gasteiger partial charge is 0.356 e. The molecule has 1 aromatic rings. The van der Waals surface area contributed by atoms with E-state index < -0.39 is 0 Å². The van der Waals surface area contributed by atoms with Crippen LogP contribution in [0.2, 0.25) is 0 Å². The molecule has 3 rings (SSSR count). The van der Waals surface area contributed by atoms with Crippen molar-refractivity contribution < 1.29 is 0 Å². The quantitative estimate of drug-likeness (QED) is 0.801. The highest BCUT2D eigenvalue weighted by atomic mass is 15.2. The second-order valence-corrected chi connectivity index (χ2v) is 5.52. The van der Waals surface area contributed by atoms with E-state index in [1.807, 2.05) is 0 Å². The Morgan fingerprint density at radius 2 is 1.88 bits per heavy atom. The minimum atomic E-state index is 0.848. The van der Waals surface area contributed by atoms with Gasteiger partial charge in [-0.1, -0.05) is 19.3 Å². The number of rotatable bonds is 3. The summed E-state index contributed by atoms with van der Waals surface area (Å²) in [6.45, 7) is 6.60. The fourth-order valence-corrected chi connectivity index (χ4v) is 2.55. The molecule has 2 aliphatic rings. The van der Waals surface area contributed by atoms with Crippen LogP contribution in [0.4, 0.5) is 5.82 Å². The standard InChI is InChI=1S/C14H21N3/c1-10-11(2)15-13(9-12-5-3-6-12)16-14(10)17-7-4-8-17/h12H,3-9H2,1-2H3. The van der Waals surface area contributed by atoms with E-state index in [0.717, 1.165) is 23.9 Å². The van der Waals surface area contributed by atoms with Gasteiger partial charge < -0.3 is 4.90 Å². The highest BCUT2D eigenvalue weighted by molar-refractivity contribution is 5.49. The van der Waals surface area contributed by atoms with Gasteiger partial charge in [0.2, 0.25) is 0 Å². The highest BCUT2D eigenvalue weighted by Crippen LogP contribution is 2.30. The molecule has 0 atom stereocenters. The molecule has 0 bridgehead atoms. The van der Waals surface area contributed by atoms with Crippen LogP contribution in [-0.2, 0) is 6.42 Å². The zero-order chi connectivity index (χ0) is 11.8. The Hall–Kier alpha value is -1.12. The molecule has 0 radical (unpaired) electrons. The van der Waals surface area contributed by atoms with Crippen molar-refractivity contribution in [3.05, 3.63) is 17.1 Å². The maximum Gasteiger partial charge on any atom is 0.135 e. The Balaban J connectivity index is 1.85. The Bertz CT molecular complexity index is 420. The number of aromatic nitrogens is 2. The van der Waals surface area contributed by atoms with Crippen LogP contribution in [0.5, 0.6) is 0 Å². The SMILES string of the molecule is Cc1nc(CC2CCC2)nc(N2CCC2)c1C. The zero-order valence-corrected chi connectivity index (χ0v) is 10.9. The predicted molar refractivity (Wildman–Crippen MR) is 69.4 cm³/mol. The van der Waals surface area contributed by atoms with Gasteiger partial charge in [-0.2, -0.15) is 0 Å². The van der Waals surface area contributed by atoms with Crippen LogP contribution in [0.3, 0.4) is 0 Å². The van der Waals surface area contributed by atoms with Crippen LogP contribution in [0.1, 0.15) is 42.8 Å². The summed E-state index contributed by atoms with van der Waals surface area (Å²) in [5, 5.41) is 0. The molecule has 0 N–H and O–H groups in total. The molecule has 3 nitrogen and oxygen atoms in total. The first-order valence-corrected chi connectivity index (χ1v) is 6.83. The van der Waals surface area contributed by atoms with Gasteiger partial charge in [-0.3, -0.25) is 0 Å². The van der Waals surface area contributed by atoms with Crippen molar-refractivity contribution in [1.29, 1.82) is 0 Å². The molecular weight excluding hydrogens is 210 g/mol. The number of hydrogen-bond acceptors (Lipinski definition) is 3. The van der Waals surface area contributed by atoms with Crippen LogP contribution in [0, 0.1) is 19.8 Å². The summed E-state index contributed by atoms with van der Waals surface area (Å²) in [7, 11) is 0. The monoisotopic (exact) mass is 231 g/mol. The molecular formula is C14H21N3.